The van der Waals surface area contributed by atoms with Crippen LogP contribution in [0.5, 0.6) is 0 Å². The molecule has 20 heteroatoms. The standard InChI is InChI=1S/C13H13NO2.C11H10N2O2.2C10H9FO.2C10H10O.C10H10S.2C9H9NO2/c1-3-14-12(15)7-6-10-5-4-9(2)8-11(10)13(14)16;1-7-3-4-8-6-12-11(15)13(2)10(14)9(8)5-7;1-6-3-10-8(4-9(6)11)7(2)5-12-10;1-6-3-8-7(2)5-12-10(8)4-9(6)11;1-7-3-4-10-9(5-7)6-8(2)11-10;1-7-3-4-9-6-8(2)11-10(9)5-7;1-7-3-4-10-9(5-7)8(2)6-11-10;1-6-3-4-8-7(5-6)10(2)9(11)12-8;1-6-3-4-7-8(5-6)12-9(11)10(7)2/h4-8H,3H2,1-2H3;3-6H,1-2H3;2*3-5H,1-2H3;3*3-6H,1-2H3;2*3-5H,1-2H3. The zero-order chi connectivity index (χ0) is 81.1. The summed E-state index contributed by atoms with van der Waals surface area (Å²) in [5.41, 5.74) is 17.8. The van der Waals surface area contributed by atoms with E-state index >= 15 is 0 Å². The van der Waals surface area contributed by atoms with E-state index in [1.165, 1.54) is 88.3 Å². The summed E-state index contributed by atoms with van der Waals surface area (Å²) in [5.74, 6) is 0.950. The van der Waals surface area contributed by atoms with Crippen LogP contribution in [0.2, 0.25) is 0 Å². The fourth-order valence-corrected chi connectivity index (χ4v) is 13.0. The lowest BCUT2D eigenvalue weighted by atomic mass is 10.1. The lowest BCUT2D eigenvalue weighted by molar-refractivity contribution is 0.527. The van der Waals surface area contributed by atoms with Gasteiger partial charge in [0.05, 0.1) is 23.6 Å². The van der Waals surface area contributed by atoms with Crippen molar-refractivity contribution >= 4 is 109 Å². The van der Waals surface area contributed by atoms with E-state index in [9.17, 15) is 37.5 Å². The summed E-state index contributed by atoms with van der Waals surface area (Å²) < 4.78 is 63.9. The fraction of sp³-hybridized carbons (Fsp3) is 0.207. The van der Waals surface area contributed by atoms with Gasteiger partial charge in [0.2, 0.25) is 0 Å². The summed E-state index contributed by atoms with van der Waals surface area (Å²) in [6.07, 6.45) is 4.71. The minimum atomic E-state index is -0.533. The SMILES string of the molecule is CCn1c(=O)ccc2ccc(C)cc2c1=O.Cc1cc2c(C)coc2cc1F.Cc1cc2occ(C)c2cc1F.Cc1ccc2c(c1)oc(=O)n2C.Cc1ccc2cc(C)oc2c1.Cc1ccc2cnc(=O)n(C)c(=O)c2c1.Cc1ccc2oc(=O)n(C)c2c1.Cc1ccc2oc(C)cc2c1.Cc1ccc2scc(C)c2c1. The van der Waals surface area contributed by atoms with Crippen molar-refractivity contribution in [1.29, 1.82) is 0 Å². The van der Waals surface area contributed by atoms with Gasteiger partial charge in [0.25, 0.3) is 16.7 Å². The minimum absolute atomic E-state index is 0.174. The monoisotopic (exact) mass is 1530 g/mol. The molecule has 0 aliphatic carbocycles. The van der Waals surface area contributed by atoms with Crippen LogP contribution in [0.15, 0.2) is 255 Å². The molecule has 9 aromatic carbocycles. The number of benzene rings is 9. The zero-order valence-electron chi connectivity index (χ0n) is 66.1. The van der Waals surface area contributed by atoms with Gasteiger partial charge in [0.1, 0.15) is 45.5 Å². The van der Waals surface area contributed by atoms with Crippen LogP contribution in [0, 0.1) is 109 Å². The average molecular weight is 1530 g/mol. The summed E-state index contributed by atoms with van der Waals surface area (Å²) in [6.45, 7) is 29.7. The smallest absolute Gasteiger partial charge is 0.419 e. The van der Waals surface area contributed by atoms with Crippen LogP contribution in [0.3, 0.4) is 0 Å². The molecule has 0 aliphatic rings. The first-order valence-electron chi connectivity index (χ1n) is 36.1. The Labute approximate surface area is 648 Å². The van der Waals surface area contributed by atoms with Gasteiger partial charge in [-0.1, -0.05) is 89.0 Å². The number of hydrogen-bond donors (Lipinski definition) is 0. The van der Waals surface area contributed by atoms with Gasteiger partial charge in [-0.25, -0.2) is 28.1 Å². The Morgan fingerprint density at radius 3 is 1.48 bits per heavy atom. The molecule has 18 aromatic rings. The van der Waals surface area contributed by atoms with E-state index in [4.69, 9.17) is 26.5 Å². The summed E-state index contributed by atoms with van der Waals surface area (Å²) in [4.78, 5) is 72.6. The van der Waals surface area contributed by atoms with Crippen molar-refractivity contribution in [3.63, 3.8) is 0 Å². The van der Waals surface area contributed by atoms with Crippen molar-refractivity contribution in [1.82, 2.24) is 23.3 Å². The maximum Gasteiger partial charge on any atom is 0.419 e. The number of thiophene rings is 1. The highest BCUT2D eigenvalue weighted by atomic mass is 32.1. The van der Waals surface area contributed by atoms with Gasteiger partial charge in [-0.15, -0.1) is 11.3 Å². The molecule has 0 N–H and O–H groups in total. The van der Waals surface area contributed by atoms with Gasteiger partial charge in [-0.05, 0) is 262 Å². The molecule has 18 rings (SSSR count). The Hall–Kier alpha value is -12.8. The van der Waals surface area contributed by atoms with Crippen LogP contribution in [-0.4, -0.2) is 23.3 Å². The molecule has 0 radical (unpaired) electrons. The molecule has 0 bridgehead atoms. The van der Waals surface area contributed by atoms with Crippen LogP contribution in [0.25, 0.3) is 97.7 Å². The molecule has 112 heavy (non-hydrogen) atoms. The highest BCUT2D eigenvalue weighted by Crippen LogP contribution is 2.28. The highest BCUT2D eigenvalue weighted by molar-refractivity contribution is 7.17. The number of halogens is 2. The number of rotatable bonds is 1. The van der Waals surface area contributed by atoms with E-state index in [1.54, 1.807) is 71.7 Å². The van der Waals surface area contributed by atoms with E-state index in [1.807, 2.05) is 140 Å². The third-order valence-electron chi connectivity index (χ3n) is 18.5. The van der Waals surface area contributed by atoms with Crippen molar-refractivity contribution in [3.8, 4) is 0 Å². The molecule has 574 valence electrons. The molecular formula is C92H89F2N5O12S. The number of nitrogens with zero attached hydrogens (tertiary/aromatic N) is 5. The Kier molecular flexibility index (Phi) is 26.0. The Balaban J connectivity index is 0.000000134. The topological polar surface area (TPSA) is 214 Å². The number of oxazole rings is 2. The molecule has 0 amide bonds. The molecule has 0 fully saturated rings. The van der Waals surface area contributed by atoms with Crippen molar-refractivity contribution in [3.05, 3.63) is 353 Å². The lowest BCUT2D eigenvalue weighted by Gasteiger charge is -1.97. The first-order chi connectivity index (χ1) is 53.2. The van der Waals surface area contributed by atoms with Crippen LogP contribution in [0.1, 0.15) is 85.2 Å². The van der Waals surface area contributed by atoms with Crippen molar-refractivity contribution in [2.75, 3.05) is 0 Å². The molecule has 0 atom stereocenters. The Morgan fingerprint density at radius 1 is 0.357 bits per heavy atom. The Bertz CT molecular complexity index is 6700. The normalized spacial score (nSPS) is 10.8. The summed E-state index contributed by atoms with van der Waals surface area (Å²) in [5, 5.41) is 10.5. The highest BCUT2D eigenvalue weighted by Gasteiger charge is 2.11. The van der Waals surface area contributed by atoms with Gasteiger partial charge in [-0.3, -0.25) is 32.7 Å². The van der Waals surface area contributed by atoms with E-state index < -0.39 is 5.69 Å². The molecular weight excluding hydrogens is 1440 g/mol. The van der Waals surface area contributed by atoms with Gasteiger partial charge in [-0.2, -0.15) is 0 Å². The molecule has 0 unspecified atom stereocenters. The fourth-order valence-electron chi connectivity index (χ4n) is 12.1. The predicted octanol–water partition coefficient (Wildman–Crippen LogP) is 21.2. The summed E-state index contributed by atoms with van der Waals surface area (Å²) >= 11 is 1.82. The molecule has 9 heterocycles. The van der Waals surface area contributed by atoms with Crippen LogP contribution < -0.4 is 33.9 Å². The maximum absolute atomic E-state index is 13.1. The molecule has 17 nitrogen and oxygen atoms in total. The lowest BCUT2D eigenvalue weighted by Crippen LogP contribution is -2.28. The quantitative estimate of drug-likeness (QED) is 0.150. The van der Waals surface area contributed by atoms with E-state index in [0.717, 1.165) is 93.4 Å². The van der Waals surface area contributed by atoms with Crippen molar-refractivity contribution < 1.29 is 35.3 Å². The summed E-state index contributed by atoms with van der Waals surface area (Å²) in [7, 11) is 4.83. The number of fused-ring (bicyclic) bond motifs is 9. The van der Waals surface area contributed by atoms with Crippen molar-refractivity contribution in [2.45, 2.75) is 110 Å². The van der Waals surface area contributed by atoms with Gasteiger partial charge < -0.3 is 26.5 Å². The van der Waals surface area contributed by atoms with Crippen LogP contribution in [0.4, 0.5) is 8.78 Å². The average Bonchev–Trinajstić information content (AvgIpc) is 1.68. The van der Waals surface area contributed by atoms with E-state index in [2.05, 4.69) is 98.7 Å². The van der Waals surface area contributed by atoms with Gasteiger partial charge >= 0.3 is 17.2 Å². The summed E-state index contributed by atoms with van der Waals surface area (Å²) in [6, 6.07) is 55.2. The Morgan fingerprint density at radius 2 is 0.830 bits per heavy atom. The number of aromatic nitrogens is 5. The number of hydrogen-bond acceptors (Lipinski definition) is 14. The van der Waals surface area contributed by atoms with Crippen LogP contribution in [-0.2, 0) is 27.7 Å². The largest absolute Gasteiger partial charge is 0.464 e. The van der Waals surface area contributed by atoms with Crippen molar-refractivity contribution in [2.24, 2.45) is 21.1 Å². The predicted molar refractivity (Wildman–Crippen MR) is 449 cm³/mol. The molecule has 0 saturated heterocycles. The van der Waals surface area contributed by atoms with Gasteiger partial charge in [0.15, 0.2) is 11.2 Å². The van der Waals surface area contributed by atoms with E-state index in [0.29, 0.717) is 50.6 Å². The second-order valence-electron chi connectivity index (χ2n) is 27.9. The van der Waals surface area contributed by atoms with E-state index in [-0.39, 0.29) is 39.8 Å². The molecule has 0 spiro atoms. The second kappa shape index (κ2) is 35.7. The first-order valence-corrected chi connectivity index (χ1v) is 37.0. The minimum Gasteiger partial charge on any atom is -0.464 e. The maximum atomic E-state index is 13.1. The van der Waals surface area contributed by atoms with Gasteiger partial charge in [0, 0.05) is 88.4 Å². The molecule has 9 aromatic heterocycles. The molecule has 0 aliphatic heterocycles. The third kappa shape index (κ3) is 19.8. The zero-order valence-corrected chi connectivity index (χ0v) is 66.9. The second-order valence-corrected chi connectivity index (χ2v) is 28.8. The first kappa shape index (κ1) is 81.7. The number of furan rings is 4. The number of aryl methyl sites for hydroxylation is 16. The third-order valence-corrected chi connectivity index (χ3v) is 19.6. The molecule has 0 saturated carbocycles. The van der Waals surface area contributed by atoms with Crippen LogP contribution >= 0.6 is 11.3 Å².